The van der Waals surface area contributed by atoms with Gasteiger partial charge < -0.3 is 10.2 Å². The van der Waals surface area contributed by atoms with Crippen molar-refractivity contribution in [1.82, 2.24) is 0 Å². The van der Waals surface area contributed by atoms with Crippen molar-refractivity contribution in [2.75, 3.05) is 0 Å². The zero-order valence-corrected chi connectivity index (χ0v) is 10.6. The second kappa shape index (κ2) is 4.49. The summed E-state index contributed by atoms with van der Waals surface area (Å²) in [4.78, 5) is 10.0. The van der Waals surface area contributed by atoms with Gasteiger partial charge in [0.25, 0.3) is 0 Å². The molecule has 1 aromatic carbocycles. The van der Waals surface area contributed by atoms with Gasteiger partial charge in [0, 0.05) is 4.70 Å². The summed E-state index contributed by atoms with van der Waals surface area (Å²) in [5.74, 6) is 0.111. The first-order chi connectivity index (χ1) is 9.16. The van der Waals surface area contributed by atoms with E-state index in [-0.39, 0.29) is 5.88 Å². The Morgan fingerprint density at radius 1 is 1.26 bits per heavy atom. The Bertz CT molecular complexity index is 747. The van der Waals surface area contributed by atoms with Gasteiger partial charge >= 0.3 is 5.88 Å². The minimum atomic E-state index is -0.568. The van der Waals surface area contributed by atoms with Crippen molar-refractivity contribution in [2.45, 2.75) is 6.04 Å². The van der Waals surface area contributed by atoms with Crippen LogP contribution in [0.1, 0.15) is 17.4 Å². The lowest BCUT2D eigenvalue weighted by molar-refractivity contribution is -0.402. The highest BCUT2D eigenvalue weighted by Gasteiger charge is 2.20. The number of nitrogens with zero attached hydrogens (tertiary/aromatic N) is 1. The maximum atomic E-state index is 10.6. The second-order valence-corrected chi connectivity index (χ2v) is 5.01. The summed E-state index contributed by atoms with van der Waals surface area (Å²) in [6.07, 6.45) is 0. The Morgan fingerprint density at radius 3 is 2.79 bits per heavy atom. The highest BCUT2D eigenvalue weighted by atomic mass is 32.1. The first kappa shape index (κ1) is 11.9. The number of nitrogens with two attached hydrogens (primary N) is 1. The van der Waals surface area contributed by atoms with Crippen LogP contribution < -0.4 is 5.73 Å². The predicted molar refractivity (Wildman–Crippen MR) is 73.2 cm³/mol. The summed E-state index contributed by atoms with van der Waals surface area (Å²) in [6.45, 7) is 0. The molecule has 1 atom stereocenters. The molecule has 0 aliphatic heterocycles. The second-order valence-electron chi connectivity index (χ2n) is 4.10. The highest BCUT2D eigenvalue weighted by molar-refractivity contribution is 7.17. The third-order valence-corrected chi connectivity index (χ3v) is 3.93. The largest absolute Gasteiger partial charge is 0.433 e. The fraction of sp³-hybridized carbons (Fsp3) is 0.0769. The van der Waals surface area contributed by atoms with Crippen LogP contribution in [0.3, 0.4) is 0 Å². The quantitative estimate of drug-likeness (QED) is 0.585. The van der Waals surface area contributed by atoms with Gasteiger partial charge in [-0.05, 0) is 28.5 Å². The van der Waals surface area contributed by atoms with E-state index < -0.39 is 11.0 Å². The molecule has 3 aromatic rings. The average Bonchev–Trinajstić information content (AvgIpc) is 3.05. The number of nitro groups is 1. The molecule has 19 heavy (non-hydrogen) atoms. The number of rotatable bonds is 3. The number of hydrogen-bond acceptors (Lipinski definition) is 5. The Hall–Kier alpha value is -2.18. The van der Waals surface area contributed by atoms with Gasteiger partial charge in [-0.1, -0.05) is 18.2 Å². The fourth-order valence-corrected chi connectivity index (χ4v) is 3.00. The van der Waals surface area contributed by atoms with Crippen LogP contribution in [0, 0.1) is 10.1 Å². The summed E-state index contributed by atoms with van der Waals surface area (Å²) in [6, 6.07) is 10.3. The van der Waals surface area contributed by atoms with Crippen LogP contribution in [0.25, 0.3) is 10.1 Å². The minimum absolute atomic E-state index is 0.287. The average molecular weight is 274 g/mol. The standard InChI is InChI=1S/C13H10N2O3S/c14-13(10-5-6-12(18-10)15(16)17)9-7-19-11-4-2-1-3-8(9)11/h1-7,13H,14H2. The lowest BCUT2D eigenvalue weighted by Crippen LogP contribution is -2.10. The number of fused-ring (bicyclic) bond motifs is 1. The summed E-state index contributed by atoms with van der Waals surface area (Å²) in [5, 5.41) is 13.6. The number of hydrogen-bond donors (Lipinski definition) is 1. The van der Waals surface area contributed by atoms with Gasteiger partial charge in [0.05, 0.1) is 12.1 Å². The van der Waals surface area contributed by atoms with Crippen molar-refractivity contribution in [2.24, 2.45) is 5.73 Å². The lowest BCUT2D eigenvalue weighted by Gasteiger charge is -2.06. The zero-order chi connectivity index (χ0) is 13.4. The number of furan rings is 1. The topological polar surface area (TPSA) is 82.3 Å². The third-order valence-electron chi connectivity index (χ3n) is 2.95. The van der Waals surface area contributed by atoms with E-state index in [0.29, 0.717) is 5.76 Å². The maximum absolute atomic E-state index is 10.6. The van der Waals surface area contributed by atoms with Crippen molar-refractivity contribution in [3.63, 3.8) is 0 Å². The van der Waals surface area contributed by atoms with Crippen molar-refractivity contribution in [3.05, 3.63) is 63.2 Å². The van der Waals surface area contributed by atoms with Crippen LogP contribution in [0.4, 0.5) is 5.88 Å². The normalized spacial score (nSPS) is 12.7. The molecule has 5 nitrogen and oxygen atoms in total. The van der Waals surface area contributed by atoms with E-state index in [0.717, 1.165) is 15.6 Å². The molecular formula is C13H10N2O3S. The van der Waals surface area contributed by atoms with Crippen LogP contribution in [0.5, 0.6) is 0 Å². The molecule has 0 fully saturated rings. The van der Waals surface area contributed by atoms with E-state index in [1.165, 1.54) is 6.07 Å². The molecule has 2 aromatic heterocycles. The van der Waals surface area contributed by atoms with Crippen LogP contribution in [-0.4, -0.2) is 4.92 Å². The number of benzene rings is 1. The van der Waals surface area contributed by atoms with Gasteiger partial charge in [0.1, 0.15) is 10.7 Å². The Balaban J connectivity index is 2.03. The molecule has 0 radical (unpaired) electrons. The fourth-order valence-electron chi connectivity index (χ4n) is 2.00. The van der Waals surface area contributed by atoms with E-state index in [2.05, 4.69) is 0 Å². The van der Waals surface area contributed by atoms with E-state index in [1.54, 1.807) is 17.4 Å². The molecule has 0 aliphatic rings. The predicted octanol–water partition coefficient (Wildman–Crippen LogP) is 3.45. The van der Waals surface area contributed by atoms with Crippen molar-refractivity contribution in [1.29, 1.82) is 0 Å². The first-order valence-corrected chi connectivity index (χ1v) is 6.50. The molecule has 0 saturated carbocycles. The zero-order valence-electron chi connectivity index (χ0n) is 9.78. The van der Waals surface area contributed by atoms with Crippen LogP contribution in [0.15, 0.2) is 46.2 Å². The smallest absolute Gasteiger partial charge is 0.404 e. The molecule has 0 amide bonds. The molecule has 0 aliphatic carbocycles. The van der Waals surface area contributed by atoms with Crippen molar-refractivity contribution >= 4 is 27.3 Å². The molecule has 0 spiro atoms. The summed E-state index contributed by atoms with van der Waals surface area (Å²) in [7, 11) is 0. The van der Waals surface area contributed by atoms with E-state index in [1.807, 2.05) is 29.6 Å². The van der Waals surface area contributed by atoms with E-state index >= 15 is 0 Å². The Labute approximate surface area is 112 Å². The molecular weight excluding hydrogens is 264 g/mol. The molecule has 1 unspecified atom stereocenters. The number of thiophene rings is 1. The van der Waals surface area contributed by atoms with Gasteiger partial charge in [-0.2, -0.15) is 0 Å². The van der Waals surface area contributed by atoms with Gasteiger partial charge in [0.2, 0.25) is 0 Å². The molecule has 2 heterocycles. The molecule has 2 N–H and O–H groups in total. The van der Waals surface area contributed by atoms with Crippen molar-refractivity contribution in [3.8, 4) is 0 Å². The summed E-state index contributed by atoms with van der Waals surface area (Å²) in [5.41, 5.74) is 7.05. The molecule has 3 rings (SSSR count). The Morgan fingerprint density at radius 2 is 2.05 bits per heavy atom. The molecule has 0 bridgehead atoms. The van der Waals surface area contributed by atoms with Gasteiger partial charge in [0.15, 0.2) is 0 Å². The molecule has 96 valence electrons. The van der Waals surface area contributed by atoms with Gasteiger partial charge in [-0.3, -0.25) is 10.1 Å². The Kier molecular flexibility index (Phi) is 2.81. The van der Waals surface area contributed by atoms with Gasteiger partial charge in [-0.15, -0.1) is 11.3 Å². The van der Waals surface area contributed by atoms with Crippen molar-refractivity contribution < 1.29 is 9.34 Å². The van der Waals surface area contributed by atoms with E-state index in [9.17, 15) is 10.1 Å². The van der Waals surface area contributed by atoms with Crippen LogP contribution in [-0.2, 0) is 0 Å². The summed E-state index contributed by atoms with van der Waals surface area (Å²) >= 11 is 1.59. The summed E-state index contributed by atoms with van der Waals surface area (Å²) < 4.78 is 6.29. The van der Waals surface area contributed by atoms with Crippen LogP contribution in [0.2, 0.25) is 0 Å². The third kappa shape index (κ3) is 2.00. The van der Waals surface area contributed by atoms with Crippen LogP contribution >= 0.6 is 11.3 Å². The SMILES string of the molecule is NC(c1ccc([N+](=O)[O-])o1)c1csc2ccccc12. The van der Waals surface area contributed by atoms with E-state index in [4.69, 9.17) is 10.2 Å². The maximum Gasteiger partial charge on any atom is 0.433 e. The first-order valence-electron chi connectivity index (χ1n) is 5.62. The minimum Gasteiger partial charge on any atom is -0.404 e. The lowest BCUT2D eigenvalue weighted by atomic mass is 10.0. The monoisotopic (exact) mass is 274 g/mol. The van der Waals surface area contributed by atoms with Gasteiger partial charge in [-0.25, -0.2) is 0 Å². The highest BCUT2D eigenvalue weighted by Crippen LogP contribution is 2.33. The molecule has 6 heteroatoms. The molecule has 0 saturated heterocycles.